The average Bonchev–Trinajstić information content (AvgIpc) is 3.03. The van der Waals surface area contributed by atoms with Gasteiger partial charge in [-0.15, -0.1) is 11.3 Å². The van der Waals surface area contributed by atoms with Gasteiger partial charge in [-0.3, -0.25) is 9.69 Å². The summed E-state index contributed by atoms with van der Waals surface area (Å²) in [5.74, 6) is -0.0522. The Bertz CT molecular complexity index is 790. The second-order valence-electron chi connectivity index (χ2n) is 5.38. The zero-order valence-electron chi connectivity index (χ0n) is 13.1. The minimum absolute atomic E-state index is 0.0522. The lowest BCUT2D eigenvalue weighted by molar-refractivity contribution is -0.113. The van der Waals surface area contributed by atoms with Gasteiger partial charge >= 0.3 is 0 Å². The van der Waals surface area contributed by atoms with Crippen molar-refractivity contribution in [3.8, 4) is 0 Å². The lowest BCUT2D eigenvalue weighted by Gasteiger charge is -2.17. The van der Waals surface area contributed by atoms with Crippen LogP contribution >= 0.6 is 35.3 Å². The fourth-order valence-electron chi connectivity index (χ4n) is 2.25. The van der Waals surface area contributed by atoms with Gasteiger partial charge in [-0.25, -0.2) is 0 Å². The van der Waals surface area contributed by atoms with Crippen LogP contribution in [-0.4, -0.2) is 24.3 Å². The van der Waals surface area contributed by atoms with E-state index in [9.17, 15) is 4.79 Å². The van der Waals surface area contributed by atoms with Gasteiger partial charge in [0.15, 0.2) is 4.32 Å². The molecule has 0 spiro atoms. The quantitative estimate of drug-likeness (QED) is 0.593. The number of carbonyl (C=O) groups is 1. The van der Waals surface area contributed by atoms with E-state index in [2.05, 4.69) is 13.0 Å². The molecule has 0 unspecified atom stereocenters. The van der Waals surface area contributed by atoms with E-state index in [0.717, 1.165) is 16.3 Å². The summed E-state index contributed by atoms with van der Waals surface area (Å²) >= 11 is 8.43. The van der Waals surface area contributed by atoms with Crippen LogP contribution in [-0.2, 0) is 4.79 Å². The van der Waals surface area contributed by atoms with Crippen LogP contribution in [0.25, 0.3) is 6.08 Å². The molecule has 0 saturated carbocycles. The summed E-state index contributed by atoms with van der Waals surface area (Å²) in [5, 5.41) is 0. The lowest BCUT2D eigenvalue weighted by Crippen LogP contribution is -2.27. The smallest absolute Gasteiger partial charge is 0.270 e. The Hall–Kier alpha value is -1.63. The molecule has 1 aliphatic heterocycles. The maximum absolute atomic E-state index is 12.7. The van der Waals surface area contributed by atoms with Crippen molar-refractivity contribution in [1.82, 2.24) is 0 Å². The van der Waals surface area contributed by atoms with Crippen molar-refractivity contribution in [2.24, 2.45) is 0 Å². The van der Waals surface area contributed by atoms with Crippen LogP contribution in [0.5, 0.6) is 0 Å². The first kappa shape index (κ1) is 16.2. The number of rotatable bonds is 3. The fourth-order valence-corrected chi connectivity index (χ4v) is 4.44. The van der Waals surface area contributed by atoms with E-state index in [-0.39, 0.29) is 5.91 Å². The summed E-state index contributed by atoms with van der Waals surface area (Å²) in [6, 6.07) is 11.9. The summed E-state index contributed by atoms with van der Waals surface area (Å²) in [6.45, 7) is 2.06. The van der Waals surface area contributed by atoms with Gasteiger partial charge in [-0.2, -0.15) is 0 Å². The van der Waals surface area contributed by atoms with Crippen molar-refractivity contribution in [1.29, 1.82) is 0 Å². The molecule has 0 bridgehead atoms. The summed E-state index contributed by atoms with van der Waals surface area (Å²) < 4.78 is 0.576. The van der Waals surface area contributed by atoms with Gasteiger partial charge in [-0.1, -0.05) is 24.0 Å². The number of hydrogen-bond acceptors (Lipinski definition) is 5. The van der Waals surface area contributed by atoms with Crippen molar-refractivity contribution in [2.45, 2.75) is 6.92 Å². The lowest BCUT2D eigenvalue weighted by atomic mass is 10.2. The molecule has 23 heavy (non-hydrogen) atoms. The molecular weight excluding hydrogens is 344 g/mol. The normalized spacial score (nSPS) is 16.5. The van der Waals surface area contributed by atoms with E-state index >= 15 is 0 Å². The molecule has 0 N–H and O–H groups in total. The van der Waals surface area contributed by atoms with E-state index in [4.69, 9.17) is 12.2 Å². The van der Waals surface area contributed by atoms with Crippen LogP contribution < -0.4 is 9.80 Å². The van der Waals surface area contributed by atoms with Crippen LogP contribution in [0.4, 0.5) is 11.4 Å². The maximum Gasteiger partial charge on any atom is 0.270 e. The van der Waals surface area contributed by atoms with E-state index in [0.29, 0.717) is 9.23 Å². The molecule has 0 atom stereocenters. The van der Waals surface area contributed by atoms with Crippen LogP contribution in [0.3, 0.4) is 0 Å². The van der Waals surface area contributed by atoms with Crippen LogP contribution in [0, 0.1) is 6.92 Å². The maximum atomic E-state index is 12.7. The van der Waals surface area contributed by atoms with E-state index in [1.54, 1.807) is 16.2 Å². The predicted molar refractivity (Wildman–Crippen MR) is 105 cm³/mol. The van der Waals surface area contributed by atoms with Crippen molar-refractivity contribution in [3.63, 3.8) is 0 Å². The van der Waals surface area contributed by atoms with Crippen LogP contribution in [0.15, 0.2) is 41.3 Å². The molecule has 2 heterocycles. The van der Waals surface area contributed by atoms with Gasteiger partial charge in [-0.05, 0) is 49.4 Å². The highest BCUT2D eigenvalue weighted by Crippen LogP contribution is 2.37. The number of nitrogens with zero attached hydrogens (tertiary/aromatic N) is 2. The number of benzene rings is 1. The monoisotopic (exact) mass is 360 g/mol. The summed E-state index contributed by atoms with van der Waals surface area (Å²) in [6.07, 6.45) is 1.92. The van der Waals surface area contributed by atoms with Crippen LogP contribution in [0.1, 0.15) is 9.75 Å². The van der Waals surface area contributed by atoms with E-state index in [1.807, 2.05) is 55.4 Å². The largest absolute Gasteiger partial charge is 0.378 e. The second kappa shape index (κ2) is 6.47. The average molecular weight is 361 g/mol. The van der Waals surface area contributed by atoms with Gasteiger partial charge in [0.25, 0.3) is 5.91 Å². The third-order valence-corrected chi connectivity index (χ3v) is 5.70. The summed E-state index contributed by atoms with van der Waals surface area (Å²) in [4.78, 5) is 19.3. The molecule has 1 aromatic heterocycles. The van der Waals surface area contributed by atoms with Gasteiger partial charge in [0, 0.05) is 29.5 Å². The molecule has 6 heteroatoms. The minimum atomic E-state index is -0.0522. The Kier molecular flexibility index (Phi) is 4.57. The second-order valence-corrected chi connectivity index (χ2v) is 8.37. The number of thiophene rings is 1. The number of thiocarbonyl (C=S) groups is 1. The van der Waals surface area contributed by atoms with Crippen molar-refractivity contribution >= 4 is 63.0 Å². The van der Waals surface area contributed by atoms with Gasteiger partial charge in [0.1, 0.15) is 0 Å². The fraction of sp³-hybridized carbons (Fsp3) is 0.176. The topological polar surface area (TPSA) is 23.6 Å². The highest BCUT2D eigenvalue weighted by molar-refractivity contribution is 8.27. The Morgan fingerprint density at radius 3 is 2.39 bits per heavy atom. The number of thioether (sulfide) groups is 1. The molecule has 1 aromatic carbocycles. The first-order valence-electron chi connectivity index (χ1n) is 7.07. The number of carbonyl (C=O) groups excluding carboxylic acids is 1. The minimum Gasteiger partial charge on any atom is -0.378 e. The van der Waals surface area contributed by atoms with Gasteiger partial charge in [0.05, 0.1) is 10.6 Å². The first-order chi connectivity index (χ1) is 11.0. The SMILES string of the molecule is Cc1ccc(/C=C2/SC(=S)N(c3ccc(N(C)C)cc3)C2=O)s1. The number of amides is 1. The number of aryl methyl sites for hydroxylation is 1. The zero-order valence-corrected chi connectivity index (χ0v) is 15.5. The molecule has 0 radical (unpaired) electrons. The Morgan fingerprint density at radius 2 is 1.83 bits per heavy atom. The zero-order chi connectivity index (χ0) is 16.6. The summed E-state index contributed by atoms with van der Waals surface area (Å²) in [5.41, 5.74) is 1.90. The third kappa shape index (κ3) is 3.34. The molecule has 3 rings (SSSR count). The molecule has 2 aromatic rings. The molecule has 1 saturated heterocycles. The molecular formula is C17H16N2OS3. The standard InChI is InChI=1S/C17H16N2OS3/c1-11-4-9-14(22-11)10-15-16(20)19(17(21)23-15)13-7-5-12(6-8-13)18(2)3/h4-10H,1-3H3/b15-10+. The number of hydrogen-bond donors (Lipinski definition) is 0. The van der Waals surface area contributed by atoms with Gasteiger partial charge < -0.3 is 4.90 Å². The molecule has 1 fully saturated rings. The molecule has 3 nitrogen and oxygen atoms in total. The van der Waals surface area contributed by atoms with E-state index < -0.39 is 0 Å². The van der Waals surface area contributed by atoms with E-state index in [1.165, 1.54) is 16.6 Å². The predicted octanol–water partition coefficient (Wildman–Crippen LogP) is 4.53. The Labute approximate surface area is 149 Å². The molecule has 1 aliphatic rings. The first-order valence-corrected chi connectivity index (χ1v) is 9.11. The Balaban J connectivity index is 1.88. The van der Waals surface area contributed by atoms with Crippen molar-refractivity contribution in [3.05, 3.63) is 51.1 Å². The highest BCUT2D eigenvalue weighted by atomic mass is 32.2. The highest BCUT2D eigenvalue weighted by Gasteiger charge is 2.33. The molecule has 0 aliphatic carbocycles. The third-order valence-electron chi connectivity index (χ3n) is 3.45. The molecule has 118 valence electrons. The molecule has 1 amide bonds. The van der Waals surface area contributed by atoms with Crippen molar-refractivity contribution < 1.29 is 4.79 Å². The van der Waals surface area contributed by atoms with Crippen molar-refractivity contribution in [2.75, 3.05) is 23.9 Å². The Morgan fingerprint density at radius 1 is 1.13 bits per heavy atom. The number of anilines is 2. The van der Waals surface area contributed by atoms with Gasteiger partial charge in [0.2, 0.25) is 0 Å². The summed E-state index contributed by atoms with van der Waals surface area (Å²) in [7, 11) is 3.97. The van der Waals surface area contributed by atoms with Crippen LogP contribution in [0.2, 0.25) is 0 Å².